The van der Waals surface area contributed by atoms with Gasteiger partial charge in [0.25, 0.3) is 0 Å². The molecular formula is C39H57N9S3. The molecule has 3 aliphatic rings. The maximum Gasteiger partial charge on any atom is 0.168 e. The molecule has 3 saturated heterocycles. The van der Waals surface area contributed by atoms with Gasteiger partial charge in [0, 0.05) is 119 Å². The smallest absolute Gasteiger partial charge is 0.168 e. The summed E-state index contributed by atoms with van der Waals surface area (Å²) in [4.78, 5) is 14.1. The molecule has 3 aromatic rings. The van der Waals surface area contributed by atoms with Crippen LogP contribution in [-0.2, 0) is 19.6 Å². The van der Waals surface area contributed by atoms with Crippen LogP contribution in [0.4, 0.5) is 0 Å². The van der Waals surface area contributed by atoms with Crippen molar-refractivity contribution in [2.45, 2.75) is 19.6 Å². The summed E-state index contributed by atoms with van der Waals surface area (Å²) in [5.74, 6) is 0. The minimum Gasteiger partial charge on any atom is -0.366 e. The molecule has 0 saturated carbocycles. The predicted octanol–water partition coefficient (Wildman–Crippen LogP) is 3.93. The second-order valence-corrected chi connectivity index (χ2v) is 14.1. The average molecular weight is 748 g/mol. The van der Waals surface area contributed by atoms with E-state index in [2.05, 4.69) is 136 Å². The molecule has 0 bridgehead atoms. The van der Waals surface area contributed by atoms with E-state index in [4.69, 9.17) is 36.7 Å². The predicted molar refractivity (Wildman–Crippen MR) is 225 cm³/mol. The Bertz CT molecular complexity index is 1250. The Morgan fingerprint density at radius 1 is 0.392 bits per heavy atom. The lowest BCUT2D eigenvalue weighted by Gasteiger charge is -2.35. The van der Waals surface area contributed by atoms with Crippen molar-refractivity contribution in [3.8, 4) is 0 Å². The molecule has 0 aliphatic carbocycles. The van der Waals surface area contributed by atoms with Gasteiger partial charge in [-0.15, -0.1) is 0 Å². The molecule has 3 N–H and O–H groups in total. The first-order valence-corrected chi connectivity index (χ1v) is 19.3. The maximum absolute atomic E-state index is 5.24. The highest BCUT2D eigenvalue weighted by atomic mass is 32.1. The van der Waals surface area contributed by atoms with Crippen LogP contribution in [0.25, 0.3) is 0 Å². The molecule has 3 aliphatic heterocycles. The van der Waals surface area contributed by atoms with Gasteiger partial charge < -0.3 is 30.7 Å². The number of piperazine rings is 3. The molecule has 0 atom stereocenters. The van der Waals surface area contributed by atoms with Gasteiger partial charge in [-0.25, -0.2) is 0 Å². The van der Waals surface area contributed by atoms with Crippen LogP contribution in [0.1, 0.15) is 16.7 Å². The summed E-state index contributed by atoms with van der Waals surface area (Å²) in [6.07, 6.45) is 0. The fraction of sp³-hybridized carbons (Fsp3) is 0.462. The second kappa shape index (κ2) is 22.5. The van der Waals surface area contributed by atoms with Crippen LogP contribution in [-0.4, -0.2) is 144 Å². The molecular weight excluding hydrogens is 691 g/mol. The summed E-state index contributed by atoms with van der Waals surface area (Å²) < 4.78 is 0. The third-order valence-electron chi connectivity index (χ3n) is 9.37. The van der Waals surface area contributed by atoms with Crippen LogP contribution in [0.15, 0.2) is 91.0 Å². The van der Waals surface area contributed by atoms with Gasteiger partial charge in [0.1, 0.15) is 0 Å². The van der Waals surface area contributed by atoms with Gasteiger partial charge in [-0.1, -0.05) is 91.0 Å². The van der Waals surface area contributed by atoms with Crippen LogP contribution in [0.5, 0.6) is 0 Å². The molecule has 0 amide bonds. The lowest BCUT2D eigenvalue weighted by atomic mass is 10.2. The number of hydrogen-bond acceptors (Lipinski definition) is 6. The number of nitrogens with one attached hydrogen (secondary N) is 3. The van der Waals surface area contributed by atoms with E-state index in [-0.39, 0.29) is 0 Å². The first-order valence-electron chi connectivity index (χ1n) is 18.1. The first kappa shape index (κ1) is 40.4. The molecule has 3 heterocycles. The minimum atomic E-state index is 0.865. The maximum atomic E-state index is 5.24. The zero-order valence-corrected chi connectivity index (χ0v) is 33.1. The molecule has 3 fully saturated rings. The number of rotatable bonds is 6. The van der Waals surface area contributed by atoms with E-state index in [0.717, 1.165) is 114 Å². The normalized spacial score (nSPS) is 16.9. The van der Waals surface area contributed by atoms with Crippen molar-refractivity contribution in [2.24, 2.45) is 0 Å². The molecule has 12 heteroatoms. The first-order chi connectivity index (χ1) is 24.9. The van der Waals surface area contributed by atoms with E-state index in [9.17, 15) is 0 Å². The Morgan fingerprint density at radius 3 is 0.804 bits per heavy atom. The highest BCUT2D eigenvalue weighted by molar-refractivity contribution is 7.80. The topological polar surface area (TPSA) is 55.5 Å². The number of benzene rings is 3. The van der Waals surface area contributed by atoms with Gasteiger partial charge in [-0.2, -0.15) is 0 Å². The average Bonchev–Trinajstić information content (AvgIpc) is 3.19. The van der Waals surface area contributed by atoms with Gasteiger partial charge in [-0.3, -0.25) is 14.7 Å². The Labute approximate surface area is 322 Å². The summed E-state index contributed by atoms with van der Waals surface area (Å²) in [5.41, 5.74) is 4.16. The van der Waals surface area contributed by atoms with Gasteiger partial charge in [0.05, 0.1) is 0 Å². The fourth-order valence-electron chi connectivity index (χ4n) is 6.33. The summed E-state index contributed by atoms with van der Waals surface area (Å²) in [7, 11) is 5.66. The molecule has 51 heavy (non-hydrogen) atoms. The fourth-order valence-corrected chi connectivity index (χ4v) is 6.87. The van der Waals surface area contributed by atoms with Crippen molar-refractivity contribution in [3.63, 3.8) is 0 Å². The summed E-state index contributed by atoms with van der Waals surface area (Å²) in [6.45, 7) is 15.7. The van der Waals surface area contributed by atoms with Gasteiger partial charge in [0.2, 0.25) is 0 Å². The van der Waals surface area contributed by atoms with Crippen molar-refractivity contribution in [1.29, 1.82) is 0 Å². The standard InChI is InChI=1S/3C13H19N3S/c3*1-14-13(17)16-9-7-15(8-10-16)11-12-5-3-2-4-6-12/h3*2-6H,7-11H2,1H3,(H,14,17). The zero-order valence-electron chi connectivity index (χ0n) is 30.7. The zero-order chi connectivity index (χ0) is 36.3. The Balaban J connectivity index is 0.000000172. The second-order valence-electron chi connectivity index (χ2n) is 12.9. The van der Waals surface area contributed by atoms with Crippen LogP contribution in [0.3, 0.4) is 0 Å². The summed E-state index contributed by atoms with van der Waals surface area (Å²) in [6, 6.07) is 31.9. The van der Waals surface area contributed by atoms with Crippen molar-refractivity contribution >= 4 is 52.0 Å². The largest absolute Gasteiger partial charge is 0.366 e. The molecule has 276 valence electrons. The molecule has 9 nitrogen and oxygen atoms in total. The molecule has 0 unspecified atom stereocenters. The van der Waals surface area contributed by atoms with Crippen LogP contribution < -0.4 is 16.0 Å². The quantitative estimate of drug-likeness (QED) is 0.321. The van der Waals surface area contributed by atoms with E-state index in [0.29, 0.717) is 0 Å². The summed E-state index contributed by atoms with van der Waals surface area (Å²) >= 11 is 15.7. The van der Waals surface area contributed by atoms with Crippen LogP contribution in [0, 0.1) is 0 Å². The number of nitrogens with zero attached hydrogens (tertiary/aromatic N) is 6. The Hall–Kier alpha value is -3.39. The van der Waals surface area contributed by atoms with E-state index >= 15 is 0 Å². The Kier molecular flexibility index (Phi) is 17.8. The monoisotopic (exact) mass is 747 g/mol. The van der Waals surface area contributed by atoms with E-state index in [1.807, 2.05) is 21.1 Å². The third-order valence-corrected chi connectivity index (χ3v) is 10.8. The third kappa shape index (κ3) is 14.3. The number of hydrogen-bond donors (Lipinski definition) is 3. The van der Waals surface area contributed by atoms with Crippen LogP contribution >= 0.6 is 36.7 Å². The van der Waals surface area contributed by atoms with Gasteiger partial charge >= 0.3 is 0 Å². The van der Waals surface area contributed by atoms with Gasteiger partial charge in [0.15, 0.2) is 15.3 Å². The highest BCUT2D eigenvalue weighted by Crippen LogP contribution is 2.11. The molecule has 0 aromatic heterocycles. The molecule has 0 radical (unpaired) electrons. The van der Waals surface area contributed by atoms with Crippen molar-refractivity contribution < 1.29 is 0 Å². The van der Waals surface area contributed by atoms with Crippen molar-refractivity contribution in [2.75, 3.05) is 99.7 Å². The van der Waals surface area contributed by atoms with Crippen molar-refractivity contribution in [1.82, 2.24) is 45.3 Å². The Morgan fingerprint density at radius 2 is 0.608 bits per heavy atom. The number of thiocarbonyl (C=S) groups is 3. The molecule has 3 aromatic carbocycles. The lowest BCUT2D eigenvalue weighted by Crippen LogP contribution is -2.50. The minimum absolute atomic E-state index is 0.865. The lowest BCUT2D eigenvalue weighted by molar-refractivity contribution is 0.175. The summed E-state index contributed by atoms with van der Waals surface area (Å²) in [5, 5.41) is 11.7. The van der Waals surface area contributed by atoms with Crippen LogP contribution in [0.2, 0.25) is 0 Å². The van der Waals surface area contributed by atoms with Gasteiger partial charge in [-0.05, 0) is 53.3 Å². The van der Waals surface area contributed by atoms with Crippen molar-refractivity contribution in [3.05, 3.63) is 108 Å². The SMILES string of the molecule is CNC(=S)N1CCN(Cc2ccccc2)CC1.CNC(=S)N1CCN(Cc2ccccc2)CC1.CNC(=S)N1CCN(Cc2ccccc2)CC1. The van der Waals surface area contributed by atoms with E-state index in [1.54, 1.807) is 0 Å². The molecule has 0 spiro atoms. The van der Waals surface area contributed by atoms with E-state index < -0.39 is 0 Å². The van der Waals surface area contributed by atoms with E-state index in [1.165, 1.54) is 16.7 Å². The molecule has 6 rings (SSSR count). The highest BCUT2D eigenvalue weighted by Gasteiger charge is 2.20.